The van der Waals surface area contributed by atoms with Gasteiger partial charge in [-0.3, -0.25) is 4.79 Å². The van der Waals surface area contributed by atoms with E-state index in [1.54, 1.807) is 17.8 Å². The molecule has 0 saturated carbocycles. The Balaban J connectivity index is 2.31. The molecule has 0 bridgehead atoms. The normalized spacial score (nSPS) is 22.0. The van der Waals surface area contributed by atoms with Gasteiger partial charge in [-0.15, -0.1) is 11.8 Å². The predicted molar refractivity (Wildman–Crippen MR) is 91.4 cm³/mol. The SMILES string of the molecule is CSc1ccccc1/C1=C/C(=O)NC(=S)C(CCO)CC1. The van der Waals surface area contributed by atoms with Crippen molar-refractivity contribution in [3.05, 3.63) is 35.9 Å². The molecule has 0 aliphatic carbocycles. The van der Waals surface area contributed by atoms with Gasteiger partial charge in [0.15, 0.2) is 0 Å². The van der Waals surface area contributed by atoms with Crippen LogP contribution in [0.1, 0.15) is 24.8 Å². The molecule has 1 heterocycles. The third-order valence-electron chi connectivity index (χ3n) is 3.62. The number of nitrogens with one attached hydrogen (secondary N) is 1. The van der Waals surface area contributed by atoms with Crippen LogP contribution in [0.2, 0.25) is 0 Å². The number of carbonyl (C=O) groups excluding carboxylic acids is 1. The lowest BCUT2D eigenvalue weighted by Crippen LogP contribution is -2.35. The third kappa shape index (κ3) is 4.15. The zero-order valence-corrected chi connectivity index (χ0v) is 13.6. The van der Waals surface area contributed by atoms with Crippen molar-refractivity contribution in [3.8, 4) is 0 Å². The molecule has 1 aliphatic heterocycles. The van der Waals surface area contributed by atoms with Crippen molar-refractivity contribution in [3.63, 3.8) is 0 Å². The minimum atomic E-state index is -0.173. The zero-order valence-electron chi connectivity index (χ0n) is 12.0. The van der Waals surface area contributed by atoms with E-state index in [-0.39, 0.29) is 18.4 Å². The van der Waals surface area contributed by atoms with Crippen molar-refractivity contribution in [1.29, 1.82) is 0 Å². The molecule has 0 fully saturated rings. The Kier molecular flexibility index (Phi) is 5.96. The highest BCUT2D eigenvalue weighted by Gasteiger charge is 2.20. The molecule has 3 nitrogen and oxygen atoms in total. The molecule has 1 atom stereocenters. The van der Waals surface area contributed by atoms with Crippen LogP contribution in [0.15, 0.2) is 35.2 Å². The summed E-state index contributed by atoms with van der Waals surface area (Å²) in [7, 11) is 0. The van der Waals surface area contributed by atoms with Gasteiger partial charge < -0.3 is 10.4 Å². The first kappa shape index (κ1) is 16.2. The van der Waals surface area contributed by atoms with E-state index in [4.69, 9.17) is 17.3 Å². The first-order chi connectivity index (χ1) is 10.2. The molecule has 1 aromatic rings. The van der Waals surface area contributed by atoms with Gasteiger partial charge in [0.25, 0.3) is 0 Å². The minimum Gasteiger partial charge on any atom is -0.396 e. The molecule has 21 heavy (non-hydrogen) atoms. The maximum absolute atomic E-state index is 12.0. The Hall–Kier alpha value is -1.17. The Morgan fingerprint density at radius 2 is 2.19 bits per heavy atom. The van der Waals surface area contributed by atoms with Crippen molar-refractivity contribution < 1.29 is 9.90 Å². The molecule has 0 spiro atoms. The second-order valence-electron chi connectivity index (χ2n) is 4.97. The largest absolute Gasteiger partial charge is 0.396 e. The molecule has 1 aliphatic rings. The van der Waals surface area contributed by atoms with Crippen molar-refractivity contribution in [2.24, 2.45) is 5.92 Å². The summed E-state index contributed by atoms with van der Waals surface area (Å²) >= 11 is 6.92. The number of hydrogen-bond donors (Lipinski definition) is 2. The number of benzene rings is 1. The number of carbonyl (C=O) groups is 1. The van der Waals surface area contributed by atoms with Crippen molar-refractivity contribution in [1.82, 2.24) is 5.32 Å². The first-order valence-corrected chi connectivity index (χ1v) is 8.58. The van der Waals surface area contributed by atoms with Gasteiger partial charge in [-0.05, 0) is 42.7 Å². The average Bonchev–Trinajstić information content (AvgIpc) is 2.48. The molecule has 112 valence electrons. The van der Waals surface area contributed by atoms with Crippen molar-refractivity contribution in [2.75, 3.05) is 12.9 Å². The summed E-state index contributed by atoms with van der Waals surface area (Å²) in [6.07, 6.45) is 5.91. The van der Waals surface area contributed by atoms with E-state index >= 15 is 0 Å². The van der Waals surface area contributed by atoms with Crippen LogP contribution in [-0.2, 0) is 4.79 Å². The highest BCUT2D eigenvalue weighted by Crippen LogP contribution is 2.31. The lowest BCUT2D eigenvalue weighted by atomic mass is 9.91. The van der Waals surface area contributed by atoms with Crippen molar-refractivity contribution >= 4 is 40.4 Å². The molecular formula is C16H19NO2S2. The Morgan fingerprint density at radius 1 is 1.43 bits per heavy atom. The Morgan fingerprint density at radius 3 is 2.90 bits per heavy atom. The highest BCUT2D eigenvalue weighted by atomic mass is 32.2. The average molecular weight is 321 g/mol. The summed E-state index contributed by atoms with van der Waals surface area (Å²) in [6.45, 7) is 0.0844. The van der Waals surface area contributed by atoms with Gasteiger partial charge in [0.1, 0.15) is 0 Å². The van der Waals surface area contributed by atoms with Crippen LogP contribution < -0.4 is 5.32 Å². The lowest BCUT2D eigenvalue weighted by molar-refractivity contribution is -0.115. The van der Waals surface area contributed by atoms with E-state index in [1.807, 2.05) is 24.5 Å². The molecule has 5 heteroatoms. The molecule has 0 radical (unpaired) electrons. The summed E-state index contributed by atoms with van der Waals surface area (Å²) in [5.74, 6) is -0.118. The molecule has 1 unspecified atom stereocenters. The lowest BCUT2D eigenvalue weighted by Gasteiger charge is -2.22. The first-order valence-electron chi connectivity index (χ1n) is 6.95. The van der Waals surface area contributed by atoms with E-state index < -0.39 is 0 Å². The standard InChI is InChI=1S/C16H19NO2S2/c1-21-14-5-3-2-4-13(14)12-7-6-11(8-9-18)16(20)17-15(19)10-12/h2-5,10-11,18H,6-9H2,1H3,(H,17,19,20)/b12-10+. The maximum atomic E-state index is 12.0. The number of thiocarbonyl (C=S) groups is 1. The molecule has 0 aromatic heterocycles. The molecule has 1 aromatic carbocycles. The number of aliphatic hydroxyl groups excluding tert-OH is 1. The van der Waals surface area contributed by atoms with Crippen LogP contribution in [0.4, 0.5) is 0 Å². The zero-order chi connectivity index (χ0) is 15.2. The van der Waals surface area contributed by atoms with Crippen LogP contribution >= 0.6 is 24.0 Å². The minimum absolute atomic E-state index is 0.0547. The Bertz CT molecular complexity index is 569. The molecule has 2 rings (SSSR count). The van der Waals surface area contributed by atoms with Crippen molar-refractivity contribution in [2.45, 2.75) is 24.2 Å². The van der Waals surface area contributed by atoms with Crippen LogP contribution in [0, 0.1) is 5.92 Å². The highest BCUT2D eigenvalue weighted by molar-refractivity contribution is 7.98. The van der Waals surface area contributed by atoms with Gasteiger partial charge in [0.2, 0.25) is 5.91 Å². The summed E-state index contributed by atoms with van der Waals surface area (Å²) in [5, 5.41) is 11.9. The maximum Gasteiger partial charge on any atom is 0.249 e. The Labute approximate surface area is 134 Å². The fraction of sp³-hybridized carbons (Fsp3) is 0.375. The number of hydrogen-bond acceptors (Lipinski definition) is 4. The van der Waals surface area contributed by atoms with Gasteiger partial charge in [-0.1, -0.05) is 30.4 Å². The summed E-state index contributed by atoms with van der Waals surface area (Å²) in [6, 6.07) is 8.10. The quantitative estimate of drug-likeness (QED) is 0.661. The topological polar surface area (TPSA) is 49.3 Å². The fourth-order valence-corrected chi connectivity index (χ4v) is 3.47. The number of rotatable bonds is 4. The fourth-order valence-electron chi connectivity index (χ4n) is 2.50. The second kappa shape index (κ2) is 7.73. The van der Waals surface area contributed by atoms with Gasteiger partial charge in [-0.2, -0.15) is 0 Å². The third-order valence-corrected chi connectivity index (χ3v) is 4.85. The molecule has 2 N–H and O–H groups in total. The van der Waals surface area contributed by atoms with Crippen LogP contribution in [0.5, 0.6) is 0 Å². The van der Waals surface area contributed by atoms with Crippen LogP contribution in [0.25, 0.3) is 5.57 Å². The number of allylic oxidation sites excluding steroid dienone is 1. The van der Waals surface area contributed by atoms with E-state index in [0.29, 0.717) is 11.4 Å². The van der Waals surface area contributed by atoms with E-state index in [2.05, 4.69) is 11.4 Å². The molecular weight excluding hydrogens is 302 g/mol. The van der Waals surface area contributed by atoms with E-state index in [9.17, 15) is 4.79 Å². The number of amides is 1. The summed E-state index contributed by atoms with van der Waals surface area (Å²) < 4.78 is 0. The van der Waals surface area contributed by atoms with E-state index in [0.717, 1.165) is 24.0 Å². The van der Waals surface area contributed by atoms with Gasteiger partial charge in [-0.25, -0.2) is 0 Å². The molecule has 1 amide bonds. The molecule has 0 saturated heterocycles. The smallest absolute Gasteiger partial charge is 0.249 e. The second-order valence-corrected chi connectivity index (χ2v) is 6.26. The van der Waals surface area contributed by atoms with Gasteiger partial charge in [0.05, 0.1) is 4.99 Å². The number of thioether (sulfide) groups is 1. The monoisotopic (exact) mass is 321 g/mol. The summed E-state index contributed by atoms with van der Waals surface area (Å²) in [5.41, 5.74) is 2.14. The number of aliphatic hydroxyl groups is 1. The van der Waals surface area contributed by atoms with E-state index in [1.165, 1.54) is 4.90 Å². The summed E-state index contributed by atoms with van der Waals surface area (Å²) in [4.78, 5) is 13.7. The van der Waals surface area contributed by atoms with Crippen LogP contribution in [-0.4, -0.2) is 28.9 Å². The van der Waals surface area contributed by atoms with Gasteiger partial charge >= 0.3 is 0 Å². The predicted octanol–water partition coefficient (Wildman–Crippen LogP) is 3.03. The van der Waals surface area contributed by atoms with Gasteiger partial charge in [0, 0.05) is 23.5 Å². The van der Waals surface area contributed by atoms with Crippen LogP contribution in [0.3, 0.4) is 0 Å².